The lowest BCUT2D eigenvalue weighted by Crippen LogP contribution is -2.56. The average Bonchev–Trinajstić information content (AvgIpc) is 3.34. The van der Waals surface area contributed by atoms with Crippen molar-refractivity contribution in [1.29, 1.82) is 0 Å². The van der Waals surface area contributed by atoms with Gasteiger partial charge in [0.05, 0.1) is 5.52 Å². The van der Waals surface area contributed by atoms with Gasteiger partial charge in [0.1, 0.15) is 11.3 Å². The van der Waals surface area contributed by atoms with Gasteiger partial charge in [-0.15, -0.1) is 10.2 Å². The van der Waals surface area contributed by atoms with Crippen molar-refractivity contribution in [1.82, 2.24) is 29.5 Å². The highest BCUT2D eigenvalue weighted by molar-refractivity contribution is 7.99. The van der Waals surface area contributed by atoms with Crippen molar-refractivity contribution in [3.8, 4) is 5.75 Å². The molecule has 1 saturated heterocycles. The molecule has 0 saturated carbocycles. The van der Waals surface area contributed by atoms with Crippen molar-refractivity contribution in [2.75, 3.05) is 32.0 Å². The van der Waals surface area contributed by atoms with E-state index in [0.717, 1.165) is 27.6 Å². The predicted molar refractivity (Wildman–Crippen MR) is 178 cm³/mol. The van der Waals surface area contributed by atoms with E-state index in [4.69, 9.17) is 21.3 Å². The number of hydrogen-bond acceptors (Lipinski definition) is 7. The standard InChI is InChI=1S/C34H35ClN6O3S/c1-23-10-15-29-28(19-23)32-33(41(29)21-25-7-4-3-5-8-25)36-34(38-37-32)45-18-6-9-30(42)39-16-17-40(24(2)20-39)31(43)22-44-27-13-11-26(35)12-14-27/h3-5,7-8,10-15,19,24H,6,9,16-18,20-22H2,1-2H3. The molecule has 0 spiro atoms. The Hall–Kier alpha value is -4.15. The van der Waals surface area contributed by atoms with Crippen LogP contribution in [0.3, 0.4) is 0 Å². The minimum absolute atomic E-state index is 0.0491. The summed E-state index contributed by atoms with van der Waals surface area (Å²) in [7, 11) is 0. The molecule has 1 aliphatic rings. The molecule has 0 bridgehead atoms. The second kappa shape index (κ2) is 13.9. The van der Waals surface area contributed by atoms with Gasteiger partial charge in [-0.3, -0.25) is 9.59 Å². The lowest BCUT2D eigenvalue weighted by Gasteiger charge is -2.39. The van der Waals surface area contributed by atoms with Gasteiger partial charge in [-0.2, -0.15) is 0 Å². The summed E-state index contributed by atoms with van der Waals surface area (Å²) in [6.07, 6.45) is 1.12. The molecule has 1 unspecified atom stereocenters. The number of nitrogens with zero attached hydrogens (tertiary/aromatic N) is 6. The molecule has 1 aliphatic heterocycles. The Kier molecular flexibility index (Phi) is 9.51. The van der Waals surface area contributed by atoms with Crippen molar-refractivity contribution >= 4 is 57.2 Å². The number of benzene rings is 3. The van der Waals surface area contributed by atoms with Crippen molar-refractivity contribution in [2.45, 2.75) is 44.4 Å². The molecule has 6 rings (SSSR count). The summed E-state index contributed by atoms with van der Waals surface area (Å²) >= 11 is 7.43. The summed E-state index contributed by atoms with van der Waals surface area (Å²) in [5, 5.41) is 11.3. The van der Waals surface area contributed by atoms with Gasteiger partial charge in [0.25, 0.3) is 5.91 Å². The summed E-state index contributed by atoms with van der Waals surface area (Å²) in [4.78, 5) is 34.4. The number of carbonyl (C=O) groups excluding carboxylic acids is 2. The van der Waals surface area contributed by atoms with Crippen LogP contribution in [0.1, 0.15) is 30.9 Å². The number of fused-ring (bicyclic) bond motifs is 3. The molecule has 0 aliphatic carbocycles. The number of rotatable bonds is 10. The first-order valence-corrected chi connectivity index (χ1v) is 16.5. The van der Waals surface area contributed by atoms with E-state index in [1.54, 1.807) is 29.2 Å². The van der Waals surface area contributed by atoms with E-state index in [2.05, 4.69) is 52.0 Å². The van der Waals surface area contributed by atoms with E-state index >= 15 is 0 Å². The first-order valence-electron chi connectivity index (χ1n) is 15.1. The molecule has 0 radical (unpaired) electrons. The zero-order valence-electron chi connectivity index (χ0n) is 25.4. The Bertz CT molecular complexity index is 1810. The van der Waals surface area contributed by atoms with Crippen molar-refractivity contribution in [3.63, 3.8) is 0 Å². The number of hydrogen-bond donors (Lipinski definition) is 0. The third-order valence-corrected chi connectivity index (χ3v) is 9.20. The second-order valence-corrected chi connectivity index (χ2v) is 12.8. The van der Waals surface area contributed by atoms with E-state index in [9.17, 15) is 9.59 Å². The number of ether oxygens (including phenoxy) is 1. The number of piperazine rings is 1. The van der Waals surface area contributed by atoms with Gasteiger partial charge in [-0.05, 0) is 62.2 Å². The monoisotopic (exact) mass is 642 g/mol. The Labute approximate surface area is 271 Å². The molecule has 2 amide bonds. The van der Waals surface area contributed by atoms with Crippen LogP contribution in [-0.4, -0.2) is 79.4 Å². The van der Waals surface area contributed by atoms with E-state index < -0.39 is 0 Å². The number of aryl methyl sites for hydroxylation is 1. The molecular weight excluding hydrogens is 608 g/mol. The minimum Gasteiger partial charge on any atom is -0.484 e. The Balaban J connectivity index is 1.02. The number of amides is 2. The summed E-state index contributed by atoms with van der Waals surface area (Å²) in [6, 6.07) is 23.5. The third-order valence-electron chi connectivity index (χ3n) is 8.03. The zero-order chi connectivity index (χ0) is 31.3. The van der Waals surface area contributed by atoms with Gasteiger partial charge in [-0.25, -0.2) is 4.98 Å². The lowest BCUT2D eigenvalue weighted by atomic mass is 10.1. The number of halogens is 1. The molecule has 3 aromatic carbocycles. The molecule has 0 N–H and O–H groups in total. The van der Waals surface area contributed by atoms with Crippen LogP contribution in [0.15, 0.2) is 78.0 Å². The van der Waals surface area contributed by atoms with Crippen LogP contribution in [0.25, 0.3) is 22.1 Å². The van der Waals surface area contributed by atoms with Gasteiger partial charge in [0.15, 0.2) is 12.3 Å². The summed E-state index contributed by atoms with van der Waals surface area (Å²) < 4.78 is 7.83. The molecular formula is C34H35ClN6O3S. The molecule has 45 heavy (non-hydrogen) atoms. The van der Waals surface area contributed by atoms with Crippen LogP contribution >= 0.6 is 23.4 Å². The van der Waals surface area contributed by atoms with Gasteiger partial charge in [0.2, 0.25) is 11.1 Å². The van der Waals surface area contributed by atoms with E-state index in [1.165, 1.54) is 17.3 Å². The Morgan fingerprint density at radius 1 is 1.00 bits per heavy atom. The molecule has 232 valence electrons. The van der Waals surface area contributed by atoms with Crippen molar-refractivity contribution < 1.29 is 14.3 Å². The number of carbonyl (C=O) groups is 2. The molecule has 1 atom stereocenters. The van der Waals surface area contributed by atoms with Gasteiger partial charge in [0, 0.05) is 54.8 Å². The molecule has 9 nitrogen and oxygen atoms in total. The van der Waals surface area contributed by atoms with Crippen LogP contribution in [-0.2, 0) is 16.1 Å². The summed E-state index contributed by atoms with van der Waals surface area (Å²) in [5.74, 6) is 1.30. The summed E-state index contributed by atoms with van der Waals surface area (Å²) in [6.45, 7) is 6.19. The van der Waals surface area contributed by atoms with Crippen molar-refractivity contribution in [2.24, 2.45) is 0 Å². The summed E-state index contributed by atoms with van der Waals surface area (Å²) in [5.41, 5.74) is 5.05. The Morgan fingerprint density at radius 3 is 2.58 bits per heavy atom. The average molecular weight is 643 g/mol. The maximum absolute atomic E-state index is 13.0. The van der Waals surface area contributed by atoms with E-state index in [1.807, 2.05) is 30.0 Å². The van der Waals surface area contributed by atoms with Gasteiger partial charge < -0.3 is 19.1 Å². The fourth-order valence-electron chi connectivity index (χ4n) is 5.70. The van der Waals surface area contributed by atoms with Gasteiger partial charge >= 0.3 is 0 Å². The van der Waals surface area contributed by atoms with Crippen LogP contribution < -0.4 is 4.74 Å². The highest BCUT2D eigenvalue weighted by Crippen LogP contribution is 2.29. The number of aromatic nitrogens is 4. The quantitative estimate of drug-likeness (QED) is 0.136. The SMILES string of the molecule is Cc1ccc2c(c1)c1nnc(SCCCC(=O)N3CCN(C(=O)COc4ccc(Cl)cc4)C(C)C3)nc1n2Cc1ccccc1. The predicted octanol–water partition coefficient (Wildman–Crippen LogP) is 6.00. The largest absolute Gasteiger partial charge is 0.484 e. The zero-order valence-corrected chi connectivity index (χ0v) is 26.9. The minimum atomic E-state index is -0.0931. The van der Waals surface area contributed by atoms with Gasteiger partial charge in [-0.1, -0.05) is 65.3 Å². The maximum atomic E-state index is 13.0. The fraction of sp³-hybridized carbons (Fsp3) is 0.324. The van der Waals surface area contributed by atoms with E-state index in [0.29, 0.717) is 60.7 Å². The van der Waals surface area contributed by atoms with E-state index in [-0.39, 0.29) is 24.5 Å². The maximum Gasteiger partial charge on any atom is 0.260 e. The van der Waals surface area contributed by atoms with Crippen LogP contribution in [0.2, 0.25) is 5.02 Å². The Morgan fingerprint density at radius 2 is 1.80 bits per heavy atom. The number of thioether (sulfide) groups is 1. The fourth-order valence-corrected chi connectivity index (χ4v) is 6.55. The first kappa shape index (κ1) is 30.9. The van der Waals surface area contributed by atoms with Crippen molar-refractivity contribution in [3.05, 3.63) is 88.9 Å². The molecule has 1 fully saturated rings. The highest BCUT2D eigenvalue weighted by atomic mass is 35.5. The molecule has 2 aromatic heterocycles. The second-order valence-electron chi connectivity index (χ2n) is 11.3. The highest BCUT2D eigenvalue weighted by Gasteiger charge is 2.29. The molecule has 3 heterocycles. The smallest absolute Gasteiger partial charge is 0.260 e. The topological polar surface area (TPSA) is 93.5 Å². The third kappa shape index (κ3) is 7.23. The lowest BCUT2D eigenvalue weighted by molar-refractivity contribution is -0.143. The van der Waals surface area contributed by atoms with Crippen LogP contribution in [0.5, 0.6) is 5.75 Å². The van der Waals surface area contributed by atoms with Crippen LogP contribution in [0.4, 0.5) is 0 Å². The van der Waals surface area contributed by atoms with Crippen LogP contribution in [0, 0.1) is 6.92 Å². The normalized spacial score (nSPS) is 15.1. The first-order chi connectivity index (χ1) is 21.9. The molecule has 5 aromatic rings. The molecule has 11 heteroatoms.